The van der Waals surface area contributed by atoms with Crippen molar-refractivity contribution in [1.82, 2.24) is 20.2 Å². The lowest BCUT2D eigenvalue weighted by Gasteiger charge is -2.23. The van der Waals surface area contributed by atoms with E-state index in [1.165, 1.54) is 10.8 Å². The van der Waals surface area contributed by atoms with Gasteiger partial charge in [0.1, 0.15) is 6.04 Å². The van der Waals surface area contributed by atoms with Crippen LogP contribution in [0, 0.1) is 0 Å². The second-order valence-electron chi connectivity index (χ2n) is 3.94. The van der Waals surface area contributed by atoms with Crippen LogP contribution < -0.4 is 10.4 Å². The van der Waals surface area contributed by atoms with Crippen molar-refractivity contribution in [3.63, 3.8) is 0 Å². The summed E-state index contributed by atoms with van der Waals surface area (Å²) in [6, 6.07) is 6.59. The fourth-order valence-corrected chi connectivity index (χ4v) is 2.00. The summed E-state index contributed by atoms with van der Waals surface area (Å²) < 4.78 is 1.48. The van der Waals surface area contributed by atoms with Gasteiger partial charge >= 0.3 is 0 Å². The van der Waals surface area contributed by atoms with E-state index in [2.05, 4.69) is 20.8 Å². The van der Waals surface area contributed by atoms with Gasteiger partial charge in [0.25, 0.3) is 0 Å². The highest BCUT2D eigenvalue weighted by Gasteiger charge is 2.23. The number of benzene rings is 1. The van der Waals surface area contributed by atoms with E-state index in [0.717, 1.165) is 5.56 Å². The zero-order valence-electron chi connectivity index (χ0n) is 9.45. The number of carbonyl (C=O) groups excluding carboxylic acids is 1. The van der Waals surface area contributed by atoms with E-state index in [0.29, 0.717) is 5.02 Å². The summed E-state index contributed by atoms with van der Waals surface area (Å²) >= 11 is 5.83. The largest absolute Gasteiger partial charge is 0.543 e. The highest BCUT2D eigenvalue weighted by Crippen LogP contribution is 2.28. The van der Waals surface area contributed by atoms with E-state index in [4.69, 9.17) is 11.6 Å². The number of hydrogen-bond donors (Lipinski definition) is 1. The molecule has 0 fully saturated rings. The van der Waals surface area contributed by atoms with Gasteiger partial charge in [0, 0.05) is 5.02 Å². The number of halogens is 1. The molecule has 1 atom stereocenters. The minimum Gasteiger partial charge on any atom is -0.543 e. The normalized spacial score (nSPS) is 17.3. The summed E-state index contributed by atoms with van der Waals surface area (Å²) in [5.41, 5.74) is 0.750. The van der Waals surface area contributed by atoms with Gasteiger partial charge < -0.3 is 15.2 Å². The number of aliphatic carboxylic acids is 1. The number of aromatic nitrogens is 4. The molecule has 96 valence electrons. The molecule has 1 unspecified atom stereocenters. The maximum atomic E-state index is 11.0. The second kappa shape index (κ2) is 4.36. The molecule has 0 saturated carbocycles. The van der Waals surface area contributed by atoms with Crippen molar-refractivity contribution in [2.45, 2.75) is 6.04 Å². The molecule has 0 spiro atoms. The summed E-state index contributed by atoms with van der Waals surface area (Å²) in [6.45, 7) is 0. The SMILES string of the molecule is O=C([O-])C1=CC(c2ccc(Cl)cc2)n2nnnc2N1. The molecule has 0 amide bonds. The van der Waals surface area contributed by atoms with Gasteiger partial charge in [-0.15, -0.1) is 0 Å². The third-order valence-electron chi connectivity index (χ3n) is 2.76. The number of rotatable bonds is 2. The average molecular weight is 277 g/mol. The molecule has 7 nitrogen and oxygen atoms in total. The average Bonchev–Trinajstić information content (AvgIpc) is 2.86. The smallest absolute Gasteiger partial charge is 0.248 e. The van der Waals surface area contributed by atoms with Crippen molar-refractivity contribution in [3.8, 4) is 0 Å². The number of nitrogens with one attached hydrogen (secondary N) is 1. The standard InChI is InChI=1S/C11H8ClN5O2/c12-7-3-1-6(2-4-7)9-5-8(10(18)19)13-11-14-15-16-17(9)11/h1-5,9H,(H,18,19)(H,13,14,16)/p-1. The number of carboxylic acid groups (broad SMARTS) is 1. The van der Waals surface area contributed by atoms with Crippen LogP contribution in [0.2, 0.25) is 5.02 Å². The number of fused-ring (bicyclic) bond motifs is 1. The van der Waals surface area contributed by atoms with E-state index < -0.39 is 12.0 Å². The molecular weight excluding hydrogens is 270 g/mol. The molecule has 1 aromatic carbocycles. The van der Waals surface area contributed by atoms with Crippen molar-refractivity contribution >= 4 is 23.5 Å². The Bertz CT molecular complexity index is 664. The lowest BCUT2D eigenvalue weighted by molar-refractivity contribution is -0.299. The molecule has 0 saturated heterocycles. The molecule has 0 radical (unpaired) electrons. The first-order chi connectivity index (χ1) is 9.15. The van der Waals surface area contributed by atoms with Crippen molar-refractivity contribution in [2.24, 2.45) is 0 Å². The Morgan fingerprint density at radius 3 is 2.79 bits per heavy atom. The molecule has 1 aliphatic heterocycles. The minimum absolute atomic E-state index is 0.0674. The molecule has 1 N–H and O–H groups in total. The second-order valence-corrected chi connectivity index (χ2v) is 4.37. The van der Waals surface area contributed by atoms with E-state index >= 15 is 0 Å². The zero-order valence-corrected chi connectivity index (χ0v) is 10.2. The molecular formula is C11H7ClN5O2-. The van der Waals surface area contributed by atoms with Gasteiger partial charge in [-0.05, 0) is 34.2 Å². The molecule has 1 aliphatic rings. The van der Waals surface area contributed by atoms with Crippen LogP contribution in [0.4, 0.5) is 5.95 Å². The predicted octanol–water partition coefficient (Wildman–Crippen LogP) is -0.0248. The monoisotopic (exact) mass is 276 g/mol. The Kier molecular flexibility index (Phi) is 2.68. The Hall–Kier alpha value is -2.41. The minimum atomic E-state index is -1.31. The number of anilines is 1. The van der Waals surface area contributed by atoms with Crippen LogP contribution in [0.1, 0.15) is 11.6 Å². The van der Waals surface area contributed by atoms with E-state index in [-0.39, 0.29) is 11.6 Å². The Morgan fingerprint density at radius 1 is 1.37 bits per heavy atom. The fourth-order valence-electron chi connectivity index (χ4n) is 1.87. The fraction of sp³-hybridized carbons (Fsp3) is 0.0909. The van der Waals surface area contributed by atoms with Crippen LogP contribution in [0.25, 0.3) is 0 Å². The number of carbonyl (C=O) groups is 1. The van der Waals surface area contributed by atoms with Crippen LogP contribution in [0.5, 0.6) is 0 Å². The van der Waals surface area contributed by atoms with Crippen LogP contribution in [-0.4, -0.2) is 26.2 Å². The number of nitrogens with zero attached hydrogens (tertiary/aromatic N) is 4. The van der Waals surface area contributed by atoms with Crippen molar-refractivity contribution < 1.29 is 9.90 Å². The molecule has 0 aliphatic carbocycles. The Morgan fingerprint density at radius 2 is 2.11 bits per heavy atom. The number of allylic oxidation sites excluding steroid dienone is 1. The first kappa shape index (κ1) is 11.7. The molecule has 2 heterocycles. The lowest BCUT2D eigenvalue weighted by atomic mass is 10.0. The quantitative estimate of drug-likeness (QED) is 0.828. The third-order valence-corrected chi connectivity index (χ3v) is 3.01. The van der Waals surface area contributed by atoms with Crippen LogP contribution in [0.3, 0.4) is 0 Å². The maximum Gasteiger partial charge on any atom is 0.248 e. The van der Waals surface area contributed by atoms with Gasteiger partial charge in [-0.1, -0.05) is 28.8 Å². The highest BCUT2D eigenvalue weighted by molar-refractivity contribution is 6.30. The van der Waals surface area contributed by atoms with E-state index in [1.54, 1.807) is 24.3 Å². The zero-order chi connectivity index (χ0) is 13.4. The van der Waals surface area contributed by atoms with Gasteiger partial charge in [0.2, 0.25) is 5.95 Å². The van der Waals surface area contributed by atoms with E-state index in [9.17, 15) is 9.90 Å². The summed E-state index contributed by atoms with van der Waals surface area (Å²) in [4.78, 5) is 11.0. The molecule has 3 rings (SSSR count). The highest BCUT2D eigenvalue weighted by atomic mass is 35.5. The molecule has 1 aromatic heterocycles. The van der Waals surface area contributed by atoms with Gasteiger partial charge in [-0.3, -0.25) is 0 Å². The summed E-state index contributed by atoms with van der Waals surface area (Å²) in [5, 5.41) is 25.2. The summed E-state index contributed by atoms with van der Waals surface area (Å²) in [7, 11) is 0. The van der Waals surface area contributed by atoms with Gasteiger partial charge in [-0.25, -0.2) is 0 Å². The third kappa shape index (κ3) is 2.04. The van der Waals surface area contributed by atoms with Gasteiger partial charge in [0.05, 0.1) is 11.7 Å². The first-order valence-electron chi connectivity index (χ1n) is 5.38. The van der Waals surface area contributed by atoms with Crippen molar-refractivity contribution in [3.05, 3.63) is 46.6 Å². The van der Waals surface area contributed by atoms with Gasteiger partial charge in [-0.2, -0.15) is 4.68 Å². The topological polar surface area (TPSA) is 95.8 Å². The number of hydrogen-bond acceptors (Lipinski definition) is 6. The lowest BCUT2D eigenvalue weighted by Crippen LogP contribution is -2.32. The summed E-state index contributed by atoms with van der Waals surface area (Å²) in [5.74, 6) is -1.06. The molecule has 19 heavy (non-hydrogen) atoms. The van der Waals surface area contributed by atoms with Crippen LogP contribution in [0.15, 0.2) is 36.0 Å². The molecule has 0 bridgehead atoms. The molecule has 2 aromatic rings. The van der Waals surface area contributed by atoms with Crippen molar-refractivity contribution in [1.29, 1.82) is 0 Å². The Labute approximate surface area is 112 Å². The van der Waals surface area contributed by atoms with Crippen LogP contribution in [-0.2, 0) is 4.79 Å². The van der Waals surface area contributed by atoms with Crippen molar-refractivity contribution in [2.75, 3.05) is 5.32 Å². The molecule has 8 heteroatoms. The van der Waals surface area contributed by atoms with Crippen LogP contribution >= 0.6 is 11.6 Å². The van der Waals surface area contributed by atoms with E-state index in [1.807, 2.05) is 0 Å². The Balaban J connectivity index is 2.09. The number of carboxylic acids is 1. The maximum absolute atomic E-state index is 11.0. The first-order valence-corrected chi connectivity index (χ1v) is 5.76. The predicted molar refractivity (Wildman–Crippen MR) is 64.1 cm³/mol. The number of tetrazole rings is 1. The van der Waals surface area contributed by atoms with Gasteiger partial charge in [0.15, 0.2) is 0 Å². The summed E-state index contributed by atoms with van der Waals surface area (Å²) in [6.07, 6.45) is 1.49.